The van der Waals surface area contributed by atoms with Crippen LogP contribution in [0.1, 0.15) is 39.0 Å². The molecule has 4 heteroatoms. The van der Waals surface area contributed by atoms with E-state index in [1.54, 1.807) is 28.6 Å². The summed E-state index contributed by atoms with van der Waals surface area (Å²) in [6.07, 6.45) is 5.56. The number of hydrogen-bond acceptors (Lipinski definition) is 2. The third-order valence-electron chi connectivity index (χ3n) is 3.88. The van der Waals surface area contributed by atoms with Gasteiger partial charge in [0.25, 0.3) is 0 Å². The van der Waals surface area contributed by atoms with Gasteiger partial charge in [-0.05, 0) is 37.3 Å². The number of rotatable bonds is 4. The van der Waals surface area contributed by atoms with Crippen LogP contribution in [0.4, 0.5) is 0 Å². The first-order valence-corrected chi connectivity index (χ1v) is 8.64. The Balaban J connectivity index is 2.10. The molecule has 1 atom stereocenters. The van der Waals surface area contributed by atoms with Gasteiger partial charge in [-0.3, -0.25) is 0 Å². The molecule has 0 bridgehead atoms. The van der Waals surface area contributed by atoms with Crippen LogP contribution in [0.3, 0.4) is 0 Å². The van der Waals surface area contributed by atoms with Crippen LogP contribution in [0, 0.1) is 5.92 Å². The smallest absolute Gasteiger partial charge is 0.207 e. The zero-order chi connectivity index (χ0) is 13.7. The van der Waals surface area contributed by atoms with E-state index >= 15 is 0 Å². The highest BCUT2D eigenvalue weighted by Gasteiger charge is 2.26. The normalized spacial score (nSPS) is 22.1. The summed E-state index contributed by atoms with van der Waals surface area (Å²) in [5, 5.41) is 0. The highest BCUT2D eigenvalue weighted by Crippen LogP contribution is 2.25. The summed E-state index contributed by atoms with van der Waals surface area (Å²) in [6.45, 7) is 3.53. The van der Waals surface area contributed by atoms with Gasteiger partial charge >= 0.3 is 0 Å². The molecule has 0 saturated carbocycles. The zero-order valence-electron chi connectivity index (χ0n) is 11.6. The Kier molecular flexibility index (Phi) is 4.99. The molecule has 1 unspecified atom stereocenters. The lowest BCUT2D eigenvalue weighted by atomic mass is 9.96. The first-order valence-electron chi connectivity index (χ1n) is 7.20. The Labute approximate surface area is 116 Å². The number of nitrogens with zero attached hydrogens (tertiary/aromatic N) is 1. The third-order valence-corrected chi connectivity index (χ3v) is 5.80. The van der Waals surface area contributed by atoms with Gasteiger partial charge in [-0.1, -0.05) is 38.0 Å². The van der Waals surface area contributed by atoms with Crippen LogP contribution in [0.5, 0.6) is 0 Å². The average molecular weight is 281 g/mol. The Morgan fingerprint density at radius 2 is 1.89 bits per heavy atom. The van der Waals surface area contributed by atoms with Crippen LogP contribution in [0.15, 0.2) is 35.2 Å². The largest absolute Gasteiger partial charge is 0.243 e. The van der Waals surface area contributed by atoms with E-state index in [2.05, 4.69) is 6.92 Å². The van der Waals surface area contributed by atoms with Crippen molar-refractivity contribution in [1.29, 1.82) is 0 Å². The van der Waals surface area contributed by atoms with Crippen LogP contribution < -0.4 is 0 Å². The molecule has 3 nitrogen and oxygen atoms in total. The van der Waals surface area contributed by atoms with E-state index in [1.165, 1.54) is 12.8 Å². The molecule has 0 radical (unpaired) electrons. The molecule has 0 amide bonds. The van der Waals surface area contributed by atoms with Crippen molar-refractivity contribution in [2.45, 2.75) is 43.9 Å². The van der Waals surface area contributed by atoms with Crippen LogP contribution in [0.2, 0.25) is 0 Å². The first-order chi connectivity index (χ1) is 9.14. The fourth-order valence-electron chi connectivity index (χ4n) is 2.82. The summed E-state index contributed by atoms with van der Waals surface area (Å²) < 4.78 is 26.7. The molecule has 2 rings (SSSR count). The maximum atomic E-state index is 12.5. The van der Waals surface area contributed by atoms with Crippen molar-refractivity contribution in [1.82, 2.24) is 4.31 Å². The molecule has 0 aliphatic carbocycles. The second-order valence-electron chi connectivity index (χ2n) is 5.30. The van der Waals surface area contributed by atoms with E-state index in [9.17, 15) is 8.42 Å². The number of benzene rings is 1. The van der Waals surface area contributed by atoms with E-state index in [0.717, 1.165) is 19.3 Å². The Morgan fingerprint density at radius 3 is 2.58 bits per heavy atom. The van der Waals surface area contributed by atoms with Gasteiger partial charge in [0.2, 0.25) is 10.0 Å². The number of hydrogen-bond donors (Lipinski definition) is 0. The van der Waals surface area contributed by atoms with E-state index in [1.807, 2.05) is 6.07 Å². The van der Waals surface area contributed by atoms with Crippen molar-refractivity contribution in [3.63, 3.8) is 0 Å². The van der Waals surface area contributed by atoms with Crippen molar-refractivity contribution in [3.05, 3.63) is 30.3 Å². The predicted octanol–water partition coefficient (Wildman–Crippen LogP) is 3.28. The van der Waals surface area contributed by atoms with Gasteiger partial charge in [-0.25, -0.2) is 8.42 Å². The van der Waals surface area contributed by atoms with E-state index in [4.69, 9.17) is 0 Å². The summed E-state index contributed by atoms with van der Waals surface area (Å²) in [5.41, 5.74) is 0. The lowest BCUT2D eigenvalue weighted by Gasteiger charge is -2.20. The minimum absolute atomic E-state index is 0.420. The number of sulfonamides is 1. The molecule has 1 saturated heterocycles. The SMILES string of the molecule is CCCC1CCCN(S(=O)(=O)c2ccccc2)CC1. The van der Waals surface area contributed by atoms with Crippen molar-refractivity contribution in [3.8, 4) is 0 Å². The van der Waals surface area contributed by atoms with E-state index in [-0.39, 0.29) is 0 Å². The molecule has 19 heavy (non-hydrogen) atoms. The topological polar surface area (TPSA) is 37.4 Å². The maximum absolute atomic E-state index is 12.5. The first kappa shape index (κ1) is 14.5. The fraction of sp³-hybridized carbons (Fsp3) is 0.600. The molecule has 1 aliphatic heterocycles. The summed E-state index contributed by atoms with van der Waals surface area (Å²) in [4.78, 5) is 0.420. The second-order valence-corrected chi connectivity index (χ2v) is 7.24. The van der Waals surface area contributed by atoms with E-state index < -0.39 is 10.0 Å². The van der Waals surface area contributed by atoms with Crippen LogP contribution in [-0.2, 0) is 10.0 Å². The lowest BCUT2D eigenvalue weighted by molar-refractivity contribution is 0.400. The van der Waals surface area contributed by atoms with Gasteiger partial charge < -0.3 is 0 Å². The van der Waals surface area contributed by atoms with Gasteiger partial charge in [-0.15, -0.1) is 0 Å². The van der Waals surface area contributed by atoms with Crippen molar-refractivity contribution >= 4 is 10.0 Å². The molecule has 0 spiro atoms. The van der Waals surface area contributed by atoms with Gasteiger partial charge in [0, 0.05) is 13.1 Å². The zero-order valence-corrected chi connectivity index (χ0v) is 12.4. The quantitative estimate of drug-likeness (QED) is 0.849. The van der Waals surface area contributed by atoms with Crippen molar-refractivity contribution in [2.75, 3.05) is 13.1 Å². The average Bonchev–Trinajstić information content (AvgIpc) is 2.66. The monoisotopic (exact) mass is 281 g/mol. The standard InChI is InChI=1S/C15H23NO2S/c1-2-7-14-8-6-12-16(13-11-14)19(17,18)15-9-4-3-5-10-15/h3-5,9-10,14H,2,6-8,11-13H2,1H3. The summed E-state index contributed by atoms with van der Waals surface area (Å²) in [7, 11) is -3.29. The van der Waals surface area contributed by atoms with Gasteiger partial charge in [0.15, 0.2) is 0 Å². The summed E-state index contributed by atoms with van der Waals surface area (Å²) in [5.74, 6) is 0.695. The minimum Gasteiger partial charge on any atom is -0.207 e. The summed E-state index contributed by atoms with van der Waals surface area (Å²) in [6, 6.07) is 8.78. The molecule has 0 N–H and O–H groups in total. The van der Waals surface area contributed by atoms with Crippen LogP contribution >= 0.6 is 0 Å². The Bertz CT molecular complexity index is 484. The highest BCUT2D eigenvalue weighted by atomic mass is 32.2. The maximum Gasteiger partial charge on any atom is 0.243 e. The molecule has 106 valence electrons. The molecule has 1 aromatic carbocycles. The predicted molar refractivity (Wildman–Crippen MR) is 77.4 cm³/mol. The third kappa shape index (κ3) is 3.57. The minimum atomic E-state index is -3.29. The van der Waals surface area contributed by atoms with Crippen molar-refractivity contribution in [2.24, 2.45) is 5.92 Å². The Hall–Kier alpha value is -0.870. The molecular formula is C15H23NO2S. The Morgan fingerprint density at radius 1 is 1.16 bits per heavy atom. The molecule has 1 fully saturated rings. The van der Waals surface area contributed by atoms with Gasteiger partial charge in [-0.2, -0.15) is 4.31 Å². The molecule has 1 aromatic rings. The van der Waals surface area contributed by atoms with Crippen molar-refractivity contribution < 1.29 is 8.42 Å². The highest BCUT2D eigenvalue weighted by molar-refractivity contribution is 7.89. The van der Waals surface area contributed by atoms with Gasteiger partial charge in [0.05, 0.1) is 4.90 Å². The lowest BCUT2D eigenvalue weighted by Crippen LogP contribution is -2.32. The van der Waals surface area contributed by atoms with E-state index in [0.29, 0.717) is 23.9 Å². The fourth-order valence-corrected chi connectivity index (χ4v) is 4.33. The molecule has 1 heterocycles. The second kappa shape index (κ2) is 6.53. The van der Waals surface area contributed by atoms with Crippen LogP contribution in [0.25, 0.3) is 0 Å². The molecule has 1 aliphatic rings. The molecular weight excluding hydrogens is 258 g/mol. The summed E-state index contributed by atoms with van der Waals surface area (Å²) >= 11 is 0. The van der Waals surface area contributed by atoms with Gasteiger partial charge in [0.1, 0.15) is 0 Å². The van der Waals surface area contributed by atoms with Crippen LogP contribution in [-0.4, -0.2) is 25.8 Å². The molecule has 0 aromatic heterocycles.